The summed E-state index contributed by atoms with van der Waals surface area (Å²) in [6.07, 6.45) is 3.37. The van der Waals surface area contributed by atoms with Crippen LogP contribution in [0.1, 0.15) is 32.2 Å². The number of rotatable bonds is 7. The molecule has 4 aromatic rings. The lowest BCUT2D eigenvalue weighted by Crippen LogP contribution is -2.17. The lowest BCUT2D eigenvalue weighted by molar-refractivity contribution is -0.384. The van der Waals surface area contributed by atoms with E-state index in [9.17, 15) is 19.7 Å². The van der Waals surface area contributed by atoms with E-state index in [1.165, 1.54) is 37.6 Å². The molecule has 10 nitrogen and oxygen atoms in total. The first-order valence-electron chi connectivity index (χ1n) is 9.79. The highest BCUT2D eigenvalue weighted by Crippen LogP contribution is 2.22. The number of nitrogens with one attached hydrogen (secondary N) is 1. The van der Waals surface area contributed by atoms with Crippen LogP contribution in [0.3, 0.4) is 0 Å². The van der Waals surface area contributed by atoms with Crippen molar-refractivity contribution in [2.75, 3.05) is 7.11 Å². The highest BCUT2D eigenvalue weighted by molar-refractivity contribution is 6.00. The van der Waals surface area contributed by atoms with Crippen molar-refractivity contribution in [2.24, 2.45) is 5.10 Å². The molecule has 0 saturated heterocycles. The van der Waals surface area contributed by atoms with Crippen molar-refractivity contribution >= 4 is 34.7 Å². The maximum atomic E-state index is 12.3. The van der Waals surface area contributed by atoms with E-state index in [1.54, 1.807) is 12.1 Å². The minimum atomic E-state index is -0.546. The maximum absolute atomic E-state index is 12.3. The van der Waals surface area contributed by atoms with Crippen LogP contribution in [0.2, 0.25) is 0 Å². The number of non-ortho nitro benzene ring substituents is 1. The van der Waals surface area contributed by atoms with Gasteiger partial charge >= 0.3 is 5.97 Å². The van der Waals surface area contributed by atoms with Gasteiger partial charge in [0.1, 0.15) is 5.76 Å². The van der Waals surface area contributed by atoms with Crippen molar-refractivity contribution in [3.05, 3.63) is 99.6 Å². The summed E-state index contributed by atoms with van der Waals surface area (Å²) < 4.78 is 12.2. The number of esters is 1. The third-order valence-corrected chi connectivity index (χ3v) is 4.90. The van der Waals surface area contributed by atoms with Crippen LogP contribution in [0.4, 0.5) is 5.69 Å². The number of benzene rings is 2. The van der Waals surface area contributed by atoms with E-state index in [4.69, 9.17) is 4.42 Å². The molecule has 0 aliphatic heterocycles. The molecule has 166 valence electrons. The predicted octanol–water partition coefficient (Wildman–Crippen LogP) is 3.74. The SMILES string of the molecule is COC(=O)c1ccc(Cn2cc(/C=N\NC(=O)c3ccc([N+](=O)[O-])cc3)c3ccccc32)o1. The molecule has 2 aromatic carbocycles. The average molecular weight is 446 g/mol. The van der Waals surface area contributed by atoms with Gasteiger partial charge in [0.2, 0.25) is 5.76 Å². The van der Waals surface area contributed by atoms with Gasteiger partial charge in [0.25, 0.3) is 11.6 Å². The molecular weight excluding hydrogens is 428 g/mol. The quantitative estimate of drug-likeness (QED) is 0.199. The number of nitro groups is 1. The standard InChI is InChI=1S/C23H18N4O6/c1-32-23(29)21-11-10-18(33-21)14-26-13-16(19-4-2-3-5-20(19)26)12-24-25-22(28)15-6-8-17(9-7-15)27(30)31/h2-13H,14H2,1H3,(H,25,28)/b24-12-. The Morgan fingerprint density at radius 1 is 1.15 bits per heavy atom. The van der Waals surface area contributed by atoms with E-state index in [0.29, 0.717) is 12.3 Å². The highest BCUT2D eigenvalue weighted by Gasteiger charge is 2.13. The Labute approximate surface area is 187 Å². The summed E-state index contributed by atoms with van der Waals surface area (Å²) in [4.78, 5) is 34.1. The molecule has 0 saturated carbocycles. The third kappa shape index (κ3) is 4.64. The summed E-state index contributed by atoms with van der Waals surface area (Å²) in [5, 5.41) is 15.7. The zero-order chi connectivity index (χ0) is 23.4. The minimum absolute atomic E-state index is 0.0990. The summed E-state index contributed by atoms with van der Waals surface area (Å²) in [7, 11) is 1.29. The first kappa shape index (κ1) is 21.5. The topological polar surface area (TPSA) is 129 Å². The van der Waals surface area contributed by atoms with Gasteiger partial charge in [-0.2, -0.15) is 5.10 Å². The smallest absolute Gasteiger partial charge is 0.373 e. The number of fused-ring (bicyclic) bond motifs is 1. The Bertz CT molecular complexity index is 1370. The largest absolute Gasteiger partial charge is 0.463 e. The van der Waals surface area contributed by atoms with Crippen LogP contribution in [-0.2, 0) is 11.3 Å². The number of furan rings is 1. The number of ether oxygens (including phenoxy) is 1. The highest BCUT2D eigenvalue weighted by atomic mass is 16.6. The number of carbonyl (C=O) groups excluding carboxylic acids is 2. The van der Waals surface area contributed by atoms with E-state index >= 15 is 0 Å². The molecule has 2 aromatic heterocycles. The molecule has 10 heteroatoms. The van der Waals surface area contributed by atoms with Crippen molar-refractivity contribution < 1.29 is 23.7 Å². The van der Waals surface area contributed by atoms with Gasteiger partial charge in [0, 0.05) is 40.4 Å². The Hall–Kier alpha value is -4.73. The second-order valence-electron chi connectivity index (χ2n) is 6.99. The van der Waals surface area contributed by atoms with Crippen LogP contribution in [0.25, 0.3) is 10.9 Å². The molecule has 4 rings (SSSR count). The van der Waals surface area contributed by atoms with Gasteiger partial charge in [-0.25, -0.2) is 10.2 Å². The summed E-state index contributed by atoms with van der Waals surface area (Å²) >= 11 is 0. The molecule has 0 atom stereocenters. The Kier molecular flexibility index (Phi) is 5.98. The van der Waals surface area contributed by atoms with Crippen molar-refractivity contribution in [3.63, 3.8) is 0 Å². The molecule has 0 radical (unpaired) electrons. The van der Waals surface area contributed by atoms with Crippen LogP contribution in [0.5, 0.6) is 0 Å². The minimum Gasteiger partial charge on any atom is -0.463 e. The Morgan fingerprint density at radius 3 is 2.64 bits per heavy atom. The van der Waals surface area contributed by atoms with Crippen LogP contribution < -0.4 is 5.43 Å². The molecule has 1 N–H and O–H groups in total. The molecule has 0 bridgehead atoms. The number of aromatic nitrogens is 1. The Morgan fingerprint density at radius 2 is 1.91 bits per heavy atom. The summed E-state index contributed by atoms with van der Waals surface area (Å²) in [6, 6.07) is 16.2. The van der Waals surface area contributed by atoms with Gasteiger partial charge < -0.3 is 13.7 Å². The van der Waals surface area contributed by atoms with Gasteiger partial charge in [-0.15, -0.1) is 0 Å². The number of para-hydroxylation sites is 1. The zero-order valence-corrected chi connectivity index (χ0v) is 17.4. The molecule has 0 unspecified atom stereocenters. The average Bonchev–Trinajstić information content (AvgIpc) is 3.44. The lowest BCUT2D eigenvalue weighted by Gasteiger charge is -2.02. The summed E-state index contributed by atoms with van der Waals surface area (Å²) in [5.41, 5.74) is 4.25. The van der Waals surface area contributed by atoms with Crippen molar-refractivity contribution in [1.82, 2.24) is 9.99 Å². The van der Waals surface area contributed by atoms with Crippen LogP contribution in [0, 0.1) is 10.1 Å². The fourth-order valence-corrected chi connectivity index (χ4v) is 3.31. The second kappa shape index (κ2) is 9.18. The number of carbonyl (C=O) groups is 2. The van der Waals surface area contributed by atoms with Gasteiger partial charge in [0.15, 0.2) is 0 Å². The number of hydrogen-bond donors (Lipinski definition) is 1. The number of nitro benzene ring substituents is 1. The van der Waals surface area contributed by atoms with E-state index in [0.717, 1.165) is 16.5 Å². The monoisotopic (exact) mass is 446 g/mol. The van der Waals surface area contributed by atoms with Crippen LogP contribution in [-0.4, -0.2) is 34.7 Å². The van der Waals surface area contributed by atoms with E-state index in [1.807, 2.05) is 35.0 Å². The molecule has 33 heavy (non-hydrogen) atoms. The van der Waals surface area contributed by atoms with Crippen molar-refractivity contribution in [2.45, 2.75) is 6.54 Å². The Balaban J connectivity index is 1.51. The molecular formula is C23H18N4O6. The number of hydrazone groups is 1. The summed E-state index contributed by atoms with van der Waals surface area (Å²) in [5.74, 6) is -0.336. The fraction of sp³-hybridized carbons (Fsp3) is 0.0870. The van der Waals surface area contributed by atoms with E-state index in [-0.39, 0.29) is 17.0 Å². The zero-order valence-electron chi connectivity index (χ0n) is 17.4. The normalized spacial score (nSPS) is 11.1. The third-order valence-electron chi connectivity index (χ3n) is 4.90. The first-order chi connectivity index (χ1) is 16.0. The summed E-state index contributed by atoms with van der Waals surface area (Å²) in [6.45, 7) is 0.375. The molecule has 0 aliphatic rings. The van der Waals surface area contributed by atoms with Gasteiger partial charge in [0.05, 0.1) is 24.8 Å². The second-order valence-corrected chi connectivity index (χ2v) is 6.99. The molecule has 1 amide bonds. The maximum Gasteiger partial charge on any atom is 0.373 e. The van der Waals surface area contributed by atoms with Gasteiger partial charge in [-0.05, 0) is 30.3 Å². The predicted molar refractivity (Wildman–Crippen MR) is 119 cm³/mol. The van der Waals surface area contributed by atoms with Crippen molar-refractivity contribution in [3.8, 4) is 0 Å². The first-order valence-corrected chi connectivity index (χ1v) is 9.79. The molecule has 0 fully saturated rings. The van der Waals surface area contributed by atoms with Gasteiger partial charge in [-0.3, -0.25) is 14.9 Å². The molecule has 0 aliphatic carbocycles. The van der Waals surface area contributed by atoms with Crippen molar-refractivity contribution in [1.29, 1.82) is 0 Å². The number of hydrogen-bond acceptors (Lipinski definition) is 7. The molecule has 0 spiro atoms. The molecule has 2 heterocycles. The lowest BCUT2D eigenvalue weighted by atomic mass is 10.2. The number of nitrogens with zero attached hydrogens (tertiary/aromatic N) is 3. The number of methoxy groups -OCH3 is 1. The van der Waals surface area contributed by atoms with Crippen LogP contribution in [0.15, 0.2) is 76.4 Å². The fourth-order valence-electron chi connectivity index (χ4n) is 3.31. The van der Waals surface area contributed by atoms with E-state index in [2.05, 4.69) is 15.3 Å². The van der Waals surface area contributed by atoms with Gasteiger partial charge in [-0.1, -0.05) is 18.2 Å². The van der Waals surface area contributed by atoms with Crippen LogP contribution >= 0.6 is 0 Å². The number of amides is 1. The van der Waals surface area contributed by atoms with E-state index < -0.39 is 16.8 Å².